The van der Waals surface area contributed by atoms with Crippen molar-refractivity contribution in [2.45, 2.75) is 70.7 Å². The molecule has 246 valence electrons. The summed E-state index contributed by atoms with van der Waals surface area (Å²) in [7, 11) is -2.13. The first-order chi connectivity index (χ1) is 21.9. The van der Waals surface area contributed by atoms with Gasteiger partial charge in [-0.25, -0.2) is 4.79 Å². The van der Waals surface area contributed by atoms with Gasteiger partial charge < -0.3 is 29.7 Å². The lowest BCUT2D eigenvalue weighted by Gasteiger charge is -2.39. The maximum Gasteiger partial charge on any atom is 0.409 e. The number of pyridine rings is 1. The lowest BCUT2D eigenvalue weighted by atomic mass is 10.0. The highest BCUT2D eigenvalue weighted by Gasteiger charge is 2.39. The zero-order valence-electron chi connectivity index (χ0n) is 27.5. The number of H-pyrrole nitrogens is 1. The van der Waals surface area contributed by atoms with E-state index in [1.165, 1.54) is 6.07 Å². The first-order valence-electron chi connectivity index (χ1n) is 15.9. The standard InChI is InChI=1S/C36H47N3O6Si/c1-36(2,3)46(4,5)45-32(28-17-19-31(40)34-29(28)18-20-33(41)39-34)24-37-21-11-6-7-12-22-44-26-15-16-27(25-13-9-8-10-14-25)30(23-26)38-35(42)43/h8-10,13-20,23,32,37-38,40H,6-7,11-12,21-22,24H2,1-5H3,(H,39,41)(H,42,43)/t32-/m0/s1. The Hall–Kier alpha value is -4.12. The zero-order chi connectivity index (χ0) is 33.3. The lowest BCUT2D eigenvalue weighted by Crippen LogP contribution is -2.43. The fourth-order valence-electron chi connectivity index (χ4n) is 5.12. The fraction of sp³-hybridized carbons (Fsp3) is 0.389. The smallest absolute Gasteiger partial charge is 0.409 e. The molecule has 10 heteroatoms. The molecule has 1 atom stereocenters. The number of nitrogens with one attached hydrogen (secondary N) is 3. The van der Waals surface area contributed by atoms with E-state index in [0.29, 0.717) is 30.1 Å². The van der Waals surface area contributed by atoms with Crippen LogP contribution in [0.1, 0.15) is 58.1 Å². The molecule has 0 aliphatic rings. The SMILES string of the molecule is CC(C)(C)[Si](C)(C)O[C@@H](CNCCCCCCOc1ccc(-c2ccccc2)c(NC(=O)O)c1)c1ccc(O)c2[nH]c(=O)ccc12. The number of phenolic OH excluding ortho intramolecular Hbond substituents is 1. The molecule has 46 heavy (non-hydrogen) atoms. The van der Waals surface area contributed by atoms with E-state index in [0.717, 1.165) is 54.3 Å². The van der Waals surface area contributed by atoms with Crippen molar-refractivity contribution in [2.24, 2.45) is 0 Å². The number of carboxylic acid groups (broad SMARTS) is 1. The Bertz CT molecular complexity index is 1670. The molecule has 0 aliphatic carbocycles. The summed E-state index contributed by atoms with van der Waals surface area (Å²) in [5.74, 6) is 0.671. The quantitative estimate of drug-likeness (QED) is 0.0649. The van der Waals surface area contributed by atoms with Gasteiger partial charge in [-0.2, -0.15) is 0 Å². The molecule has 0 aliphatic heterocycles. The van der Waals surface area contributed by atoms with Gasteiger partial charge in [0.2, 0.25) is 5.56 Å². The van der Waals surface area contributed by atoms with Crippen LogP contribution < -0.4 is 20.9 Å². The molecule has 0 unspecified atom stereocenters. The van der Waals surface area contributed by atoms with Gasteiger partial charge in [-0.05, 0) is 72.9 Å². The third kappa shape index (κ3) is 9.21. The van der Waals surface area contributed by atoms with E-state index < -0.39 is 14.4 Å². The molecule has 0 fully saturated rings. The molecule has 4 aromatic rings. The largest absolute Gasteiger partial charge is 0.506 e. The summed E-state index contributed by atoms with van der Waals surface area (Å²) in [5, 5.41) is 26.6. The van der Waals surface area contributed by atoms with E-state index >= 15 is 0 Å². The Kier molecular flexibility index (Phi) is 11.7. The van der Waals surface area contributed by atoms with Gasteiger partial charge in [-0.3, -0.25) is 10.1 Å². The van der Waals surface area contributed by atoms with Crippen molar-refractivity contribution in [3.63, 3.8) is 0 Å². The summed E-state index contributed by atoms with van der Waals surface area (Å²) >= 11 is 0. The molecule has 9 nitrogen and oxygen atoms in total. The Morgan fingerprint density at radius 3 is 2.41 bits per heavy atom. The zero-order valence-corrected chi connectivity index (χ0v) is 28.5. The van der Waals surface area contributed by atoms with E-state index in [2.05, 4.69) is 49.5 Å². The van der Waals surface area contributed by atoms with Crippen LogP contribution in [0.2, 0.25) is 18.1 Å². The van der Waals surface area contributed by atoms with Crippen molar-refractivity contribution in [3.8, 4) is 22.6 Å². The average molecular weight is 646 g/mol. The molecule has 3 aromatic carbocycles. The van der Waals surface area contributed by atoms with Gasteiger partial charge in [-0.15, -0.1) is 0 Å². The molecule has 0 saturated carbocycles. The van der Waals surface area contributed by atoms with E-state index in [1.54, 1.807) is 18.2 Å². The molecule has 4 rings (SSSR count). The number of carbonyl (C=O) groups is 1. The van der Waals surface area contributed by atoms with Gasteiger partial charge in [0.05, 0.1) is 23.9 Å². The highest BCUT2D eigenvalue weighted by Crippen LogP contribution is 2.41. The summed E-state index contributed by atoms with van der Waals surface area (Å²) < 4.78 is 12.8. The highest BCUT2D eigenvalue weighted by atomic mass is 28.4. The Labute approximate surface area is 272 Å². The van der Waals surface area contributed by atoms with Crippen molar-refractivity contribution in [1.82, 2.24) is 10.3 Å². The van der Waals surface area contributed by atoms with Crippen LogP contribution in [0.4, 0.5) is 10.5 Å². The first-order valence-corrected chi connectivity index (χ1v) is 18.8. The molecule has 1 heterocycles. The van der Waals surface area contributed by atoms with Crippen LogP contribution in [0.5, 0.6) is 11.5 Å². The van der Waals surface area contributed by atoms with Gasteiger partial charge in [-0.1, -0.05) is 70.0 Å². The monoisotopic (exact) mass is 645 g/mol. The average Bonchev–Trinajstić information content (AvgIpc) is 3.00. The number of fused-ring (bicyclic) bond motifs is 1. The minimum absolute atomic E-state index is 0.0205. The predicted octanol–water partition coefficient (Wildman–Crippen LogP) is 8.28. The molecule has 0 radical (unpaired) electrons. The molecule has 0 spiro atoms. The molecule has 5 N–H and O–H groups in total. The Morgan fingerprint density at radius 2 is 1.70 bits per heavy atom. The third-order valence-corrected chi connectivity index (χ3v) is 13.1. The van der Waals surface area contributed by atoms with Crippen LogP contribution in [-0.4, -0.2) is 49.3 Å². The van der Waals surface area contributed by atoms with Crippen LogP contribution in [-0.2, 0) is 4.43 Å². The maximum absolute atomic E-state index is 12.0. The Morgan fingerprint density at radius 1 is 0.957 bits per heavy atom. The van der Waals surface area contributed by atoms with E-state index in [1.807, 2.05) is 48.5 Å². The minimum Gasteiger partial charge on any atom is -0.506 e. The molecule has 0 saturated heterocycles. The second-order valence-corrected chi connectivity index (χ2v) is 17.9. The van der Waals surface area contributed by atoms with Gasteiger partial charge in [0.15, 0.2) is 8.32 Å². The number of amides is 1. The van der Waals surface area contributed by atoms with E-state index in [9.17, 15) is 19.8 Å². The summed E-state index contributed by atoms with van der Waals surface area (Å²) in [4.78, 5) is 26.1. The number of aromatic amines is 1. The minimum atomic E-state index is -2.13. The number of rotatable bonds is 15. The van der Waals surface area contributed by atoms with Crippen molar-refractivity contribution in [1.29, 1.82) is 0 Å². The number of benzene rings is 3. The van der Waals surface area contributed by atoms with Crippen LogP contribution in [0.15, 0.2) is 77.6 Å². The van der Waals surface area contributed by atoms with Crippen LogP contribution in [0.3, 0.4) is 0 Å². The fourth-order valence-corrected chi connectivity index (χ4v) is 6.39. The third-order valence-electron chi connectivity index (χ3n) is 8.66. The molecule has 0 bridgehead atoms. The molecular formula is C36H47N3O6Si. The highest BCUT2D eigenvalue weighted by molar-refractivity contribution is 6.74. The number of unbranched alkanes of at least 4 members (excludes halogenated alkanes) is 3. The van der Waals surface area contributed by atoms with Gasteiger partial charge in [0.25, 0.3) is 0 Å². The number of anilines is 1. The summed E-state index contributed by atoms with van der Waals surface area (Å²) in [6.45, 7) is 13.1. The summed E-state index contributed by atoms with van der Waals surface area (Å²) in [5.41, 5.74) is 3.33. The van der Waals surface area contributed by atoms with E-state index in [-0.39, 0.29) is 22.5 Å². The van der Waals surface area contributed by atoms with Gasteiger partial charge >= 0.3 is 6.09 Å². The van der Waals surface area contributed by atoms with Crippen LogP contribution in [0.25, 0.3) is 22.0 Å². The second-order valence-electron chi connectivity index (χ2n) is 13.1. The number of phenols is 1. The Balaban J connectivity index is 1.28. The van der Waals surface area contributed by atoms with E-state index in [4.69, 9.17) is 9.16 Å². The number of aromatic hydroxyl groups is 1. The van der Waals surface area contributed by atoms with Crippen molar-refractivity contribution in [2.75, 3.05) is 25.0 Å². The predicted molar refractivity (Wildman–Crippen MR) is 188 cm³/mol. The number of hydrogen-bond acceptors (Lipinski definition) is 6. The summed E-state index contributed by atoms with van der Waals surface area (Å²) in [6.07, 6.45) is 2.56. The van der Waals surface area contributed by atoms with Crippen molar-refractivity contribution in [3.05, 3.63) is 88.7 Å². The molecule has 1 aromatic heterocycles. The van der Waals surface area contributed by atoms with Crippen LogP contribution >= 0.6 is 0 Å². The topological polar surface area (TPSA) is 133 Å². The normalized spacial score (nSPS) is 12.6. The first kappa shape index (κ1) is 34.7. The van der Waals surface area contributed by atoms with Crippen molar-refractivity contribution >= 4 is 31.0 Å². The van der Waals surface area contributed by atoms with Crippen molar-refractivity contribution < 1.29 is 24.2 Å². The molecule has 1 amide bonds. The van der Waals surface area contributed by atoms with Gasteiger partial charge in [0.1, 0.15) is 11.5 Å². The maximum atomic E-state index is 12.0. The number of hydrogen-bond donors (Lipinski definition) is 5. The molecular weight excluding hydrogens is 598 g/mol. The number of ether oxygens (including phenoxy) is 1. The van der Waals surface area contributed by atoms with Crippen LogP contribution in [0, 0.1) is 0 Å². The number of aromatic nitrogens is 1. The lowest BCUT2D eigenvalue weighted by molar-refractivity contribution is 0.181. The summed E-state index contributed by atoms with van der Waals surface area (Å²) in [6, 6.07) is 21.9. The second kappa shape index (κ2) is 15.4. The van der Waals surface area contributed by atoms with Gasteiger partial charge in [0, 0.05) is 29.6 Å².